The van der Waals surface area contributed by atoms with Crippen molar-refractivity contribution < 1.29 is 4.74 Å². The zero-order valence-corrected chi connectivity index (χ0v) is 11.3. The van der Waals surface area contributed by atoms with Gasteiger partial charge < -0.3 is 10.1 Å². The van der Waals surface area contributed by atoms with Crippen LogP contribution in [-0.4, -0.2) is 31.2 Å². The molecule has 1 fully saturated rings. The van der Waals surface area contributed by atoms with Gasteiger partial charge in [0.25, 0.3) is 0 Å². The van der Waals surface area contributed by atoms with Crippen LogP contribution in [0.5, 0.6) is 0 Å². The van der Waals surface area contributed by atoms with Crippen LogP contribution in [0.25, 0.3) is 0 Å². The van der Waals surface area contributed by atoms with E-state index in [0.29, 0.717) is 5.88 Å². The van der Waals surface area contributed by atoms with E-state index in [9.17, 15) is 0 Å². The van der Waals surface area contributed by atoms with E-state index in [1.54, 1.807) is 0 Å². The van der Waals surface area contributed by atoms with Crippen LogP contribution in [0.2, 0.25) is 0 Å². The summed E-state index contributed by atoms with van der Waals surface area (Å²) in [5, 5.41) is 3.65. The maximum atomic E-state index is 6.08. The molecule has 16 heavy (non-hydrogen) atoms. The van der Waals surface area contributed by atoms with E-state index in [1.807, 2.05) is 0 Å². The lowest BCUT2D eigenvalue weighted by Gasteiger charge is -2.36. The van der Waals surface area contributed by atoms with Crippen LogP contribution in [0.15, 0.2) is 0 Å². The standard InChI is InChI=1S/C13H26ClNO/c1-2-3-4-5-6-9-15-13(12-14)7-10-16-11-8-13/h15H,2-12H2,1H3. The van der Waals surface area contributed by atoms with Crippen LogP contribution < -0.4 is 5.32 Å². The smallest absolute Gasteiger partial charge is 0.0484 e. The van der Waals surface area contributed by atoms with E-state index in [-0.39, 0.29) is 5.54 Å². The number of alkyl halides is 1. The number of unbranched alkanes of at least 4 members (excludes halogenated alkanes) is 4. The van der Waals surface area contributed by atoms with Crippen molar-refractivity contribution in [1.82, 2.24) is 5.32 Å². The zero-order chi connectivity index (χ0) is 11.7. The number of hydrogen-bond donors (Lipinski definition) is 1. The second-order valence-electron chi connectivity index (χ2n) is 4.87. The van der Waals surface area contributed by atoms with Crippen molar-refractivity contribution in [3.05, 3.63) is 0 Å². The second kappa shape index (κ2) is 8.32. The third-order valence-electron chi connectivity index (χ3n) is 3.49. The first-order chi connectivity index (χ1) is 7.83. The summed E-state index contributed by atoms with van der Waals surface area (Å²) < 4.78 is 5.39. The van der Waals surface area contributed by atoms with E-state index >= 15 is 0 Å². The SMILES string of the molecule is CCCCCCCNC1(CCl)CCOCC1. The van der Waals surface area contributed by atoms with Crippen LogP contribution in [-0.2, 0) is 4.74 Å². The fourth-order valence-electron chi connectivity index (χ4n) is 2.20. The molecule has 0 aromatic rings. The molecule has 1 aliphatic rings. The molecule has 96 valence electrons. The molecule has 3 heteroatoms. The van der Waals surface area contributed by atoms with Crippen LogP contribution in [0, 0.1) is 0 Å². The summed E-state index contributed by atoms with van der Waals surface area (Å²) in [6.07, 6.45) is 8.80. The van der Waals surface area contributed by atoms with Gasteiger partial charge in [-0.25, -0.2) is 0 Å². The Balaban J connectivity index is 2.08. The van der Waals surface area contributed by atoms with E-state index in [1.165, 1.54) is 32.1 Å². The second-order valence-corrected chi connectivity index (χ2v) is 5.13. The first kappa shape index (κ1) is 14.3. The molecule has 1 aliphatic heterocycles. The molecule has 0 bridgehead atoms. The van der Waals surface area contributed by atoms with Gasteiger partial charge in [0.2, 0.25) is 0 Å². The highest BCUT2D eigenvalue weighted by Gasteiger charge is 2.30. The maximum Gasteiger partial charge on any atom is 0.0484 e. The van der Waals surface area contributed by atoms with Crippen molar-refractivity contribution in [3.8, 4) is 0 Å². The van der Waals surface area contributed by atoms with Gasteiger partial charge >= 0.3 is 0 Å². The first-order valence-corrected chi connectivity index (χ1v) is 7.25. The van der Waals surface area contributed by atoms with Crippen molar-refractivity contribution in [2.75, 3.05) is 25.6 Å². The molecule has 1 heterocycles. The molecular formula is C13H26ClNO. The third kappa shape index (κ3) is 5.03. The largest absolute Gasteiger partial charge is 0.381 e. The Hall–Kier alpha value is 0.210. The average Bonchev–Trinajstić information content (AvgIpc) is 2.35. The van der Waals surface area contributed by atoms with Gasteiger partial charge in [0.1, 0.15) is 0 Å². The van der Waals surface area contributed by atoms with Gasteiger partial charge in [0.05, 0.1) is 0 Å². The normalized spacial score (nSPS) is 19.9. The number of rotatable bonds is 8. The number of ether oxygens (including phenoxy) is 1. The molecule has 0 saturated carbocycles. The van der Waals surface area contributed by atoms with E-state index in [4.69, 9.17) is 16.3 Å². The monoisotopic (exact) mass is 247 g/mol. The van der Waals surface area contributed by atoms with E-state index < -0.39 is 0 Å². The topological polar surface area (TPSA) is 21.3 Å². The molecule has 0 amide bonds. The molecule has 0 atom stereocenters. The van der Waals surface area contributed by atoms with E-state index in [2.05, 4.69) is 12.2 Å². The van der Waals surface area contributed by atoms with Crippen molar-refractivity contribution in [3.63, 3.8) is 0 Å². The Morgan fingerprint density at radius 1 is 1.12 bits per heavy atom. The van der Waals surface area contributed by atoms with Gasteiger partial charge in [-0.05, 0) is 25.8 Å². The van der Waals surface area contributed by atoms with Gasteiger partial charge in [0, 0.05) is 24.6 Å². The molecule has 1 N–H and O–H groups in total. The lowest BCUT2D eigenvalue weighted by atomic mass is 9.92. The van der Waals surface area contributed by atoms with Crippen molar-refractivity contribution in [1.29, 1.82) is 0 Å². The summed E-state index contributed by atoms with van der Waals surface area (Å²) in [7, 11) is 0. The van der Waals surface area contributed by atoms with E-state index in [0.717, 1.165) is 32.6 Å². The first-order valence-electron chi connectivity index (χ1n) is 6.72. The van der Waals surface area contributed by atoms with Gasteiger partial charge in [-0.1, -0.05) is 32.6 Å². The van der Waals surface area contributed by atoms with Crippen LogP contribution in [0.1, 0.15) is 51.9 Å². The summed E-state index contributed by atoms with van der Waals surface area (Å²) in [6, 6.07) is 0. The molecular weight excluding hydrogens is 222 g/mol. The minimum absolute atomic E-state index is 0.157. The van der Waals surface area contributed by atoms with Gasteiger partial charge in [-0.3, -0.25) is 0 Å². The molecule has 0 radical (unpaired) electrons. The summed E-state index contributed by atoms with van der Waals surface area (Å²) in [6.45, 7) is 5.07. The quantitative estimate of drug-likeness (QED) is 0.525. The minimum atomic E-state index is 0.157. The molecule has 0 aliphatic carbocycles. The maximum absolute atomic E-state index is 6.08. The molecule has 0 unspecified atom stereocenters. The molecule has 0 aromatic heterocycles. The minimum Gasteiger partial charge on any atom is -0.381 e. The van der Waals surface area contributed by atoms with Crippen LogP contribution in [0.4, 0.5) is 0 Å². The summed E-state index contributed by atoms with van der Waals surface area (Å²) >= 11 is 6.08. The summed E-state index contributed by atoms with van der Waals surface area (Å²) in [5.41, 5.74) is 0.157. The fourth-order valence-corrected chi connectivity index (χ4v) is 2.56. The highest BCUT2D eigenvalue weighted by molar-refractivity contribution is 6.18. The van der Waals surface area contributed by atoms with Crippen molar-refractivity contribution >= 4 is 11.6 Å². The third-order valence-corrected chi connectivity index (χ3v) is 4.00. The predicted octanol–water partition coefficient (Wildman–Crippen LogP) is 3.33. The fraction of sp³-hybridized carbons (Fsp3) is 1.00. The summed E-state index contributed by atoms with van der Waals surface area (Å²) in [5.74, 6) is 0.714. The number of halogens is 1. The molecule has 0 spiro atoms. The molecule has 0 aromatic carbocycles. The van der Waals surface area contributed by atoms with Crippen molar-refractivity contribution in [2.24, 2.45) is 0 Å². The highest BCUT2D eigenvalue weighted by atomic mass is 35.5. The Labute approximate surface area is 105 Å². The lowest BCUT2D eigenvalue weighted by Crippen LogP contribution is -2.51. The highest BCUT2D eigenvalue weighted by Crippen LogP contribution is 2.22. The van der Waals surface area contributed by atoms with Gasteiger partial charge in [-0.2, -0.15) is 0 Å². The number of nitrogens with one attached hydrogen (secondary N) is 1. The molecule has 2 nitrogen and oxygen atoms in total. The van der Waals surface area contributed by atoms with Crippen LogP contribution >= 0.6 is 11.6 Å². The molecule has 1 saturated heterocycles. The van der Waals surface area contributed by atoms with Gasteiger partial charge in [-0.15, -0.1) is 11.6 Å². The average molecular weight is 248 g/mol. The Bertz CT molecular complexity index is 169. The lowest BCUT2D eigenvalue weighted by molar-refractivity contribution is 0.0465. The van der Waals surface area contributed by atoms with Gasteiger partial charge in [0.15, 0.2) is 0 Å². The molecule has 1 rings (SSSR count). The Morgan fingerprint density at radius 3 is 2.44 bits per heavy atom. The zero-order valence-electron chi connectivity index (χ0n) is 10.6. The van der Waals surface area contributed by atoms with Crippen molar-refractivity contribution in [2.45, 2.75) is 57.4 Å². The summed E-state index contributed by atoms with van der Waals surface area (Å²) in [4.78, 5) is 0. The predicted molar refractivity (Wildman–Crippen MR) is 70.3 cm³/mol. The van der Waals surface area contributed by atoms with Crippen LogP contribution in [0.3, 0.4) is 0 Å². The Morgan fingerprint density at radius 2 is 1.81 bits per heavy atom. The Kier molecular flexibility index (Phi) is 7.42. The number of hydrogen-bond acceptors (Lipinski definition) is 2.